The van der Waals surface area contributed by atoms with Crippen LogP contribution in [0, 0.1) is 0 Å². The molecule has 0 aliphatic carbocycles. The van der Waals surface area contributed by atoms with Gasteiger partial charge in [-0.05, 0) is 24.6 Å². The van der Waals surface area contributed by atoms with Crippen LogP contribution in [0.2, 0.25) is 0 Å². The van der Waals surface area contributed by atoms with Crippen LogP contribution < -0.4 is 10.6 Å². The van der Waals surface area contributed by atoms with Crippen molar-refractivity contribution in [1.29, 1.82) is 0 Å². The molecule has 0 radical (unpaired) electrons. The molecular weight excluding hydrogens is 283 g/mol. The second-order valence-electron chi connectivity index (χ2n) is 5.01. The molecule has 0 bridgehead atoms. The molecule has 0 aliphatic rings. The van der Waals surface area contributed by atoms with Crippen molar-refractivity contribution in [2.24, 2.45) is 0 Å². The monoisotopic (exact) mass is 303 g/mol. The highest BCUT2D eigenvalue weighted by Gasteiger charge is 2.31. The summed E-state index contributed by atoms with van der Waals surface area (Å²) in [6.07, 6.45) is -3.79. The van der Waals surface area contributed by atoms with Gasteiger partial charge in [0.1, 0.15) is 6.54 Å². The number of hydrogen-bond donors (Lipinski definition) is 1. The van der Waals surface area contributed by atoms with Crippen molar-refractivity contribution >= 4 is 17.3 Å². The zero-order valence-corrected chi connectivity index (χ0v) is 12.4. The van der Waals surface area contributed by atoms with Crippen LogP contribution in [0.1, 0.15) is 23.7 Å². The van der Waals surface area contributed by atoms with E-state index in [1.54, 1.807) is 21.0 Å². The summed E-state index contributed by atoms with van der Waals surface area (Å²) in [4.78, 5) is 14.4. The fraction of sp³-hybridized carbons (Fsp3) is 0.500. The van der Waals surface area contributed by atoms with E-state index in [9.17, 15) is 18.0 Å². The van der Waals surface area contributed by atoms with Crippen LogP contribution in [0.25, 0.3) is 0 Å². The molecule has 0 aromatic heterocycles. The van der Waals surface area contributed by atoms with E-state index in [0.29, 0.717) is 12.0 Å². The van der Waals surface area contributed by atoms with E-state index in [1.807, 2.05) is 0 Å². The van der Waals surface area contributed by atoms with Gasteiger partial charge in [0.25, 0.3) is 5.91 Å². The van der Waals surface area contributed by atoms with Crippen molar-refractivity contribution < 1.29 is 18.0 Å². The number of rotatable bonds is 5. The lowest BCUT2D eigenvalue weighted by molar-refractivity contribution is -0.119. The lowest BCUT2D eigenvalue weighted by atomic mass is 10.1. The number of carbonyl (C=O) groups excluding carboxylic acids is 1. The highest BCUT2D eigenvalue weighted by atomic mass is 19.4. The van der Waals surface area contributed by atoms with E-state index in [4.69, 9.17) is 5.73 Å². The summed E-state index contributed by atoms with van der Waals surface area (Å²) in [5.74, 6) is -0.278. The first-order valence-electron chi connectivity index (χ1n) is 6.58. The third-order valence-electron chi connectivity index (χ3n) is 2.89. The van der Waals surface area contributed by atoms with Crippen LogP contribution in [0.4, 0.5) is 24.5 Å². The van der Waals surface area contributed by atoms with Crippen molar-refractivity contribution in [2.75, 3.05) is 37.8 Å². The maximum absolute atomic E-state index is 12.7. The molecule has 0 aliphatic heterocycles. The van der Waals surface area contributed by atoms with Crippen molar-refractivity contribution in [2.45, 2.75) is 19.5 Å². The van der Waals surface area contributed by atoms with E-state index in [0.717, 1.165) is 4.90 Å². The quantitative estimate of drug-likeness (QED) is 0.851. The Bertz CT molecular complexity index is 501. The maximum atomic E-state index is 12.7. The predicted octanol–water partition coefficient (Wildman–Crippen LogP) is 2.75. The van der Waals surface area contributed by atoms with Crippen LogP contribution in [-0.4, -0.2) is 44.2 Å². The number of carbonyl (C=O) groups is 1. The minimum absolute atomic E-state index is 0.212. The lowest BCUT2D eigenvalue weighted by Gasteiger charge is -2.27. The van der Waals surface area contributed by atoms with Gasteiger partial charge >= 0.3 is 6.18 Å². The van der Waals surface area contributed by atoms with Gasteiger partial charge in [-0.2, -0.15) is 13.2 Å². The molecule has 1 aromatic carbocycles. The fourth-order valence-corrected chi connectivity index (χ4v) is 1.98. The molecule has 0 unspecified atom stereocenters. The number of benzene rings is 1. The van der Waals surface area contributed by atoms with Gasteiger partial charge in [-0.25, -0.2) is 0 Å². The number of alkyl halides is 3. The number of anilines is 2. The van der Waals surface area contributed by atoms with E-state index >= 15 is 0 Å². The molecule has 7 heteroatoms. The molecule has 0 saturated heterocycles. The van der Waals surface area contributed by atoms with Gasteiger partial charge in [0.15, 0.2) is 0 Å². The smallest absolute Gasteiger partial charge is 0.397 e. The molecule has 118 valence electrons. The first-order chi connectivity index (χ1) is 9.65. The molecular formula is C14H20F3N3O. The van der Waals surface area contributed by atoms with E-state index in [2.05, 4.69) is 0 Å². The van der Waals surface area contributed by atoms with Crippen LogP contribution in [0.3, 0.4) is 0 Å². The lowest BCUT2D eigenvalue weighted by Crippen LogP contribution is -2.35. The number of hydrogen-bond acceptors (Lipinski definition) is 3. The van der Waals surface area contributed by atoms with Crippen LogP contribution in [-0.2, 0) is 0 Å². The minimum Gasteiger partial charge on any atom is -0.397 e. The summed E-state index contributed by atoms with van der Waals surface area (Å²) in [5.41, 5.74) is 6.56. The minimum atomic E-state index is -4.33. The zero-order chi connectivity index (χ0) is 16.2. The molecule has 0 fully saturated rings. The second kappa shape index (κ2) is 6.69. The fourth-order valence-electron chi connectivity index (χ4n) is 1.98. The zero-order valence-electron chi connectivity index (χ0n) is 12.4. The van der Waals surface area contributed by atoms with Crippen molar-refractivity contribution in [3.63, 3.8) is 0 Å². The summed E-state index contributed by atoms with van der Waals surface area (Å²) in [7, 11) is 3.16. The first kappa shape index (κ1) is 17.1. The van der Waals surface area contributed by atoms with Gasteiger partial charge < -0.3 is 15.5 Å². The second-order valence-corrected chi connectivity index (χ2v) is 5.01. The highest BCUT2D eigenvalue weighted by molar-refractivity contribution is 5.96. The number of nitrogens with two attached hydrogens (primary N) is 1. The average Bonchev–Trinajstić information content (AvgIpc) is 2.36. The molecule has 0 heterocycles. The molecule has 0 saturated carbocycles. The molecule has 1 amide bonds. The Morgan fingerprint density at radius 2 is 1.90 bits per heavy atom. The van der Waals surface area contributed by atoms with Crippen molar-refractivity contribution in [1.82, 2.24) is 4.90 Å². The topological polar surface area (TPSA) is 49.6 Å². The van der Waals surface area contributed by atoms with Gasteiger partial charge in [0, 0.05) is 26.2 Å². The Balaban J connectivity index is 3.18. The van der Waals surface area contributed by atoms with Gasteiger partial charge in [-0.3, -0.25) is 4.79 Å². The van der Waals surface area contributed by atoms with E-state index in [1.165, 1.54) is 23.1 Å². The van der Waals surface area contributed by atoms with E-state index in [-0.39, 0.29) is 23.8 Å². The standard InChI is InChI=1S/C14H20F3N3O/c1-4-7-20(9-14(15,16)17)12-8-10(5-6-11(12)18)13(21)19(2)3/h5-6,8H,4,7,9,18H2,1-3H3. The Hall–Kier alpha value is -1.92. The summed E-state index contributed by atoms with van der Waals surface area (Å²) < 4.78 is 38.0. The van der Waals surface area contributed by atoms with Gasteiger partial charge in [0.05, 0.1) is 11.4 Å². The average molecular weight is 303 g/mol. The number of halogens is 3. The third-order valence-corrected chi connectivity index (χ3v) is 2.89. The Morgan fingerprint density at radius 1 is 1.29 bits per heavy atom. The Labute approximate surface area is 122 Å². The molecule has 1 aromatic rings. The molecule has 1 rings (SSSR count). The SMILES string of the molecule is CCCN(CC(F)(F)F)c1cc(C(=O)N(C)C)ccc1N. The maximum Gasteiger partial charge on any atom is 0.405 e. The highest BCUT2D eigenvalue weighted by Crippen LogP contribution is 2.28. The molecule has 4 nitrogen and oxygen atoms in total. The molecule has 2 N–H and O–H groups in total. The Morgan fingerprint density at radius 3 is 2.38 bits per heavy atom. The first-order valence-corrected chi connectivity index (χ1v) is 6.58. The van der Waals surface area contributed by atoms with Crippen LogP contribution in [0.15, 0.2) is 18.2 Å². The van der Waals surface area contributed by atoms with Crippen molar-refractivity contribution in [3.8, 4) is 0 Å². The molecule has 0 spiro atoms. The van der Waals surface area contributed by atoms with E-state index < -0.39 is 12.7 Å². The van der Waals surface area contributed by atoms with Gasteiger partial charge in [-0.15, -0.1) is 0 Å². The summed E-state index contributed by atoms with van der Waals surface area (Å²) in [5, 5.41) is 0. The normalized spacial score (nSPS) is 11.3. The molecule has 21 heavy (non-hydrogen) atoms. The molecule has 0 atom stereocenters. The number of nitrogens with zero attached hydrogens (tertiary/aromatic N) is 2. The number of nitrogen functional groups attached to an aromatic ring is 1. The van der Waals surface area contributed by atoms with Crippen LogP contribution in [0.5, 0.6) is 0 Å². The van der Waals surface area contributed by atoms with Crippen molar-refractivity contribution in [3.05, 3.63) is 23.8 Å². The Kier molecular flexibility index (Phi) is 5.46. The summed E-state index contributed by atoms with van der Waals surface area (Å²) in [6.45, 7) is 0.905. The van der Waals surface area contributed by atoms with Gasteiger partial charge in [0.2, 0.25) is 0 Å². The number of amides is 1. The van der Waals surface area contributed by atoms with Gasteiger partial charge in [-0.1, -0.05) is 6.92 Å². The third kappa shape index (κ3) is 4.84. The van der Waals surface area contributed by atoms with Crippen LogP contribution >= 0.6 is 0 Å². The largest absolute Gasteiger partial charge is 0.405 e. The summed E-state index contributed by atoms with van der Waals surface area (Å²) in [6, 6.07) is 4.39. The predicted molar refractivity (Wildman–Crippen MR) is 77.4 cm³/mol. The summed E-state index contributed by atoms with van der Waals surface area (Å²) >= 11 is 0.